The minimum Gasteiger partial charge on any atom is -0.356 e. The number of carbonyl (C=O) groups excluding carboxylic acids is 1. The first-order chi connectivity index (χ1) is 12.3. The van der Waals surface area contributed by atoms with E-state index in [2.05, 4.69) is 30.4 Å². The Bertz CT molecular complexity index is 871. The molecular formula is C17H17N7O. The zero-order valence-electron chi connectivity index (χ0n) is 13.5. The second-order valence-corrected chi connectivity index (χ2v) is 5.76. The van der Waals surface area contributed by atoms with E-state index in [9.17, 15) is 4.79 Å². The fourth-order valence-corrected chi connectivity index (χ4v) is 2.77. The van der Waals surface area contributed by atoms with Crippen LogP contribution in [0.1, 0.15) is 23.3 Å². The van der Waals surface area contributed by atoms with Crippen LogP contribution in [0.25, 0.3) is 5.69 Å². The number of amides is 1. The molecule has 0 unspecified atom stereocenters. The van der Waals surface area contributed by atoms with Crippen molar-refractivity contribution in [3.63, 3.8) is 0 Å². The Labute approximate surface area is 144 Å². The van der Waals surface area contributed by atoms with Gasteiger partial charge in [0.25, 0.3) is 5.91 Å². The summed E-state index contributed by atoms with van der Waals surface area (Å²) in [4.78, 5) is 24.4. The van der Waals surface area contributed by atoms with E-state index in [0.717, 1.165) is 37.4 Å². The molecule has 1 fully saturated rings. The fraction of sp³-hybridized carbons (Fsp3) is 0.235. The summed E-state index contributed by atoms with van der Waals surface area (Å²) in [5, 5.41) is 11.1. The van der Waals surface area contributed by atoms with Gasteiger partial charge in [0.1, 0.15) is 18.0 Å². The number of hydrogen-bond acceptors (Lipinski definition) is 6. The van der Waals surface area contributed by atoms with E-state index < -0.39 is 0 Å². The molecule has 4 rings (SSSR count). The summed E-state index contributed by atoms with van der Waals surface area (Å²) in [6, 6.07) is 11.2. The van der Waals surface area contributed by atoms with E-state index >= 15 is 0 Å². The van der Waals surface area contributed by atoms with Gasteiger partial charge in [-0.2, -0.15) is 9.90 Å². The lowest BCUT2D eigenvalue weighted by atomic mass is 10.3. The topological polar surface area (TPSA) is 88.8 Å². The summed E-state index contributed by atoms with van der Waals surface area (Å²) in [6.07, 6.45) is 5.22. The van der Waals surface area contributed by atoms with Gasteiger partial charge in [0, 0.05) is 19.2 Å². The van der Waals surface area contributed by atoms with Crippen LogP contribution in [0.3, 0.4) is 0 Å². The predicted molar refractivity (Wildman–Crippen MR) is 92.8 cm³/mol. The number of hydrogen-bond donors (Lipinski definition) is 1. The minimum atomic E-state index is -0.353. The fourth-order valence-electron chi connectivity index (χ4n) is 2.77. The minimum absolute atomic E-state index is 0.227. The van der Waals surface area contributed by atoms with Crippen molar-refractivity contribution >= 4 is 17.5 Å². The molecular weight excluding hydrogens is 318 g/mol. The van der Waals surface area contributed by atoms with E-state index in [1.807, 2.05) is 30.3 Å². The Morgan fingerprint density at radius 1 is 1.08 bits per heavy atom. The lowest BCUT2D eigenvalue weighted by molar-refractivity contribution is 0.102. The van der Waals surface area contributed by atoms with Crippen LogP contribution >= 0.6 is 0 Å². The summed E-state index contributed by atoms with van der Waals surface area (Å²) in [7, 11) is 0. The third kappa shape index (κ3) is 3.32. The smallest absolute Gasteiger partial charge is 0.279 e. The maximum atomic E-state index is 12.4. The standard InChI is InChI=1S/C17H17N7O/c25-17(14-11-20-24(22-14)13-6-2-1-3-7-13)21-15-10-16(19-12-18-15)23-8-4-5-9-23/h1-3,6-7,10-12H,4-5,8-9H2,(H,18,19,21,25). The highest BCUT2D eigenvalue weighted by Crippen LogP contribution is 2.19. The molecule has 0 aliphatic carbocycles. The van der Waals surface area contributed by atoms with Crippen LogP contribution in [-0.2, 0) is 0 Å². The van der Waals surface area contributed by atoms with E-state index in [4.69, 9.17) is 0 Å². The number of aromatic nitrogens is 5. The van der Waals surface area contributed by atoms with Crippen molar-refractivity contribution in [3.8, 4) is 5.69 Å². The maximum Gasteiger partial charge on any atom is 0.279 e. The van der Waals surface area contributed by atoms with Crippen LogP contribution < -0.4 is 10.2 Å². The van der Waals surface area contributed by atoms with Crippen molar-refractivity contribution in [2.75, 3.05) is 23.3 Å². The van der Waals surface area contributed by atoms with Crippen molar-refractivity contribution in [1.29, 1.82) is 0 Å². The Balaban J connectivity index is 1.49. The van der Waals surface area contributed by atoms with Crippen LogP contribution in [0.15, 0.2) is 48.9 Å². The van der Waals surface area contributed by atoms with Crippen LogP contribution in [-0.4, -0.2) is 44.0 Å². The number of nitrogens with zero attached hydrogens (tertiary/aromatic N) is 6. The van der Waals surface area contributed by atoms with Gasteiger partial charge in [-0.05, 0) is 25.0 Å². The van der Waals surface area contributed by atoms with E-state index in [-0.39, 0.29) is 11.6 Å². The summed E-state index contributed by atoms with van der Waals surface area (Å²) in [5.74, 6) is 0.931. The van der Waals surface area contributed by atoms with Gasteiger partial charge in [0.2, 0.25) is 0 Å². The van der Waals surface area contributed by atoms with Gasteiger partial charge in [-0.3, -0.25) is 4.79 Å². The molecule has 126 valence electrons. The van der Waals surface area contributed by atoms with Crippen LogP contribution in [0, 0.1) is 0 Å². The largest absolute Gasteiger partial charge is 0.356 e. The Hall–Kier alpha value is -3.29. The first-order valence-corrected chi connectivity index (χ1v) is 8.16. The molecule has 0 bridgehead atoms. The Morgan fingerprint density at radius 3 is 2.68 bits per heavy atom. The molecule has 0 spiro atoms. The normalized spacial score (nSPS) is 13.8. The highest BCUT2D eigenvalue weighted by molar-refractivity contribution is 6.02. The summed E-state index contributed by atoms with van der Waals surface area (Å²) in [6.45, 7) is 1.96. The molecule has 1 saturated heterocycles. The molecule has 3 heterocycles. The molecule has 0 radical (unpaired) electrons. The van der Waals surface area contributed by atoms with Gasteiger partial charge in [0.15, 0.2) is 5.69 Å². The van der Waals surface area contributed by atoms with Crippen LogP contribution in [0.4, 0.5) is 11.6 Å². The number of anilines is 2. The van der Waals surface area contributed by atoms with Crippen molar-refractivity contribution in [1.82, 2.24) is 25.0 Å². The third-order valence-corrected chi connectivity index (χ3v) is 4.04. The molecule has 1 N–H and O–H groups in total. The summed E-state index contributed by atoms with van der Waals surface area (Å²) >= 11 is 0. The average Bonchev–Trinajstić information content (AvgIpc) is 3.35. The summed E-state index contributed by atoms with van der Waals surface area (Å²) < 4.78 is 0. The molecule has 0 saturated carbocycles. The first kappa shape index (κ1) is 15.3. The molecule has 25 heavy (non-hydrogen) atoms. The Morgan fingerprint density at radius 2 is 1.88 bits per heavy atom. The zero-order valence-corrected chi connectivity index (χ0v) is 13.5. The number of benzene rings is 1. The van der Waals surface area contributed by atoms with Crippen LogP contribution in [0.5, 0.6) is 0 Å². The number of nitrogens with one attached hydrogen (secondary N) is 1. The van der Waals surface area contributed by atoms with Gasteiger partial charge < -0.3 is 10.2 Å². The van der Waals surface area contributed by atoms with Crippen LogP contribution in [0.2, 0.25) is 0 Å². The molecule has 1 amide bonds. The number of rotatable bonds is 4. The van der Waals surface area contributed by atoms with Gasteiger partial charge in [-0.1, -0.05) is 18.2 Å². The summed E-state index contributed by atoms with van der Waals surface area (Å²) in [5.41, 5.74) is 1.02. The van der Waals surface area contributed by atoms with Crippen molar-refractivity contribution in [2.24, 2.45) is 0 Å². The van der Waals surface area contributed by atoms with Crippen molar-refractivity contribution in [2.45, 2.75) is 12.8 Å². The second kappa shape index (κ2) is 6.68. The molecule has 1 aliphatic rings. The lowest BCUT2D eigenvalue weighted by Crippen LogP contribution is -2.20. The predicted octanol–water partition coefficient (Wildman–Crippen LogP) is 1.91. The van der Waals surface area contributed by atoms with Gasteiger partial charge >= 0.3 is 0 Å². The van der Waals surface area contributed by atoms with Gasteiger partial charge in [-0.15, -0.1) is 5.10 Å². The lowest BCUT2D eigenvalue weighted by Gasteiger charge is -2.16. The second-order valence-electron chi connectivity index (χ2n) is 5.76. The number of carbonyl (C=O) groups is 1. The molecule has 0 atom stereocenters. The van der Waals surface area contributed by atoms with Crippen molar-refractivity contribution < 1.29 is 4.79 Å². The molecule has 3 aromatic rings. The number of para-hydroxylation sites is 1. The maximum absolute atomic E-state index is 12.4. The monoisotopic (exact) mass is 335 g/mol. The van der Waals surface area contributed by atoms with Crippen molar-refractivity contribution in [3.05, 3.63) is 54.6 Å². The van der Waals surface area contributed by atoms with Gasteiger partial charge in [0.05, 0.1) is 11.9 Å². The highest BCUT2D eigenvalue weighted by Gasteiger charge is 2.16. The highest BCUT2D eigenvalue weighted by atomic mass is 16.2. The van der Waals surface area contributed by atoms with E-state index in [1.54, 1.807) is 6.07 Å². The molecule has 2 aromatic heterocycles. The molecule has 8 nitrogen and oxygen atoms in total. The van der Waals surface area contributed by atoms with E-state index in [1.165, 1.54) is 17.3 Å². The van der Waals surface area contributed by atoms with Gasteiger partial charge in [-0.25, -0.2) is 9.97 Å². The average molecular weight is 335 g/mol. The SMILES string of the molecule is O=C(Nc1cc(N2CCCC2)ncn1)c1cnn(-c2ccccc2)n1. The molecule has 1 aromatic carbocycles. The Kier molecular flexibility index (Phi) is 4.07. The zero-order chi connectivity index (χ0) is 17.1. The quantitative estimate of drug-likeness (QED) is 0.783. The molecule has 1 aliphatic heterocycles. The molecule has 8 heteroatoms. The van der Waals surface area contributed by atoms with E-state index in [0.29, 0.717) is 5.82 Å². The first-order valence-electron chi connectivity index (χ1n) is 8.16. The third-order valence-electron chi connectivity index (χ3n) is 4.04.